The minimum Gasteiger partial charge on any atom is -0.482 e. The van der Waals surface area contributed by atoms with Gasteiger partial charge in [-0.3, -0.25) is 4.79 Å². The smallest absolute Gasteiger partial charge is 0.262 e. The predicted molar refractivity (Wildman–Crippen MR) is 103 cm³/mol. The van der Waals surface area contributed by atoms with Crippen LogP contribution in [0, 0.1) is 0 Å². The Balaban J connectivity index is 1.63. The van der Waals surface area contributed by atoms with Crippen LogP contribution < -0.4 is 15.0 Å². The number of amides is 1. The fourth-order valence-electron chi connectivity index (χ4n) is 2.91. The normalized spacial score (nSPS) is 14.2. The van der Waals surface area contributed by atoms with E-state index in [0.29, 0.717) is 15.8 Å². The fourth-order valence-corrected chi connectivity index (χ4v) is 3.37. The Hall–Kier alpha value is -1.91. The van der Waals surface area contributed by atoms with Crippen LogP contribution in [0.2, 0.25) is 10.0 Å². The highest BCUT2D eigenvalue weighted by atomic mass is 35.5. The van der Waals surface area contributed by atoms with E-state index in [4.69, 9.17) is 27.9 Å². The first-order chi connectivity index (χ1) is 12.1. The van der Waals surface area contributed by atoms with Crippen molar-refractivity contribution < 1.29 is 9.53 Å². The number of benzene rings is 2. The van der Waals surface area contributed by atoms with Crippen molar-refractivity contribution >= 4 is 40.5 Å². The molecule has 3 rings (SSSR count). The van der Waals surface area contributed by atoms with Crippen molar-refractivity contribution in [1.82, 2.24) is 0 Å². The van der Waals surface area contributed by atoms with E-state index in [9.17, 15) is 4.79 Å². The van der Waals surface area contributed by atoms with E-state index < -0.39 is 0 Å². The summed E-state index contributed by atoms with van der Waals surface area (Å²) in [5, 5.41) is 3.84. The number of rotatable bonds is 5. The number of hydrogen-bond donors (Lipinski definition) is 1. The Kier molecular flexibility index (Phi) is 6.05. The second-order valence-corrected chi connectivity index (χ2v) is 6.82. The van der Waals surface area contributed by atoms with Crippen molar-refractivity contribution in [1.29, 1.82) is 0 Å². The highest BCUT2D eigenvalue weighted by molar-refractivity contribution is 6.35. The lowest BCUT2D eigenvalue weighted by atomic mass is 10.1. The van der Waals surface area contributed by atoms with Gasteiger partial charge in [-0.15, -0.1) is 0 Å². The van der Waals surface area contributed by atoms with E-state index in [0.717, 1.165) is 24.5 Å². The Morgan fingerprint density at radius 3 is 2.60 bits per heavy atom. The number of ether oxygens (including phenoxy) is 1. The largest absolute Gasteiger partial charge is 0.482 e. The van der Waals surface area contributed by atoms with Crippen LogP contribution in [0.3, 0.4) is 0 Å². The fraction of sp³-hybridized carbons (Fsp3) is 0.316. The first-order valence-electron chi connectivity index (χ1n) is 8.35. The molecule has 0 saturated carbocycles. The monoisotopic (exact) mass is 378 g/mol. The number of anilines is 2. The van der Waals surface area contributed by atoms with Crippen LogP contribution in [0.15, 0.2) is 42.5 Å². The molecular weight excluding hydrogens is 359 g/mol. The number of para-hydroxylation sites is 2. The molecule has 0 unspecified atom stereocenters. The quantitative estimate of drug-likeness (QED) is 0.795. The molecule has 6 heteroatoms. The summed E-state index contributed by atoms with van der Waals surface area (Å²) < 4.78 is 5.49. The lowest BCUT2D eigenvalue weighted by Crippen LogP contribution is -2.30. The summed E-state index contributed by atoms with van der Waals surface area (Å²) in [4.78, 5) is 14.6. The molecule has 1 aliphatic heterocycles. The van der Waals surface area contributed by atoms with Gasteiger partial charge in [-0.1, -0.05) is 35.3 Å². The third-order valence-corrected chi connectivity index (χ3v) is 4.66. The molecule has 1 fully saturated rings. The molecule has 1 aliphatic rings. The first kappa shape index (κ1) is 17.9. The number of nitrogens with one attached hydrogen (secondary N) is 1. The van der Waals surface area contributed by atoms with Crippen molar-refractivity contribution in [3.8, 4) is 5.75 Å². The summed E-state index contributed by atoms with van der Waals surface area (Å²) in [6.07, 6.45) is 3.63. The van der Waals surface area contributed by atoms with Gasteiger partial charge < -0.3 is 15.0 Å². The molecular formula is C19H20Cl2N2O2. The van der Waals surface area contributed by atoms with Crippen LogP contribution in [0.1, 0.15) is 19.3 Å². The van der Waals surface area contributed by atoms with Gasteiger partial charge in [0.2, 0.25) is 0 Å². The molecule has 1 saturated heterocycles. The lowest BCUT2D eigenvalue weighted by molar-refractivity contribution is -0.118. The predicted octanol–water partition coefficient (Wildman–Crippen LogP) is 5.00. The van der Waals surface area contributed by atoms with E-state index in [2.05, 4.69) is 10.2 Å². The first-order valence-corrected chi connectivity index (χ1v) is 9.11. The molecule has 1 heterocycles. The Morgan fingerprint density at radius 2 is 1.84 bits per heavy atom. The Labute approximate surface area is 157 Å². The average Bonchev–Trinajstić information content (AvgIpc) is 2.62. The van der Waals surface area contributed by atoms with Gasteiger partial charge in [-0.25, -0.2) is 0 Å². The van der Waals surface area contributed by atoms with Gasteiger partial charge in [-0.05, 0) is 49.6 Å². The SMILES string of the molecule is O=C(COc1ccc(Cl)cc1Cl)Nc1ccccc1N1CCCCC1. The van der Waals surface area contributed by atoms with Gasteiger partial charge in [0, 0.05) is 18.1 Å². The topological polar surface area (TPSA) is 41.6 Å². The maximum absolute atomic E-state index is 12.3. The van der Waals surface area contributed by atoms with Crippen molar-refractivity contribution in [3.63, 3.8) is 0 Å². The third kappa shape index (κ3) is 4.80. The zero-order valence-electron chi connectivity index (χ0n) is 13.8. The van der Waals surface area contributed by atoms with Crippen LogP contribution >= 0.6 is 23.2 Å². The van der Waals surface area contributed by atoms with Crippen LogP contribution in [0.25, 0.3) is 0 Å². The molecule has 0 spiro atoms. The minimum atomic E-state index is -0.226. The van der Waals surface area contributed by atoms with E-state index >= 15 is 0 Å². The minimum absolute atomic E-state index is 0.115. The van der Waals surface area contributed by atoms with E-state index in [-0.39, 0.29) is 12.5 Å². The molecule has 0 aliphatic carbocycles. The van der Waals surface area contributed by atoms with Crippen molar-refractivity contribution in [2.45, 2.75) is 19.3 Å². The number of halogens is 2. The lowest BCUT2D eigenvalue weighted by Gasteiger charge is -2.30. The highest BCUT2D eigenvalue weighted by Crippen LogP contribution is 2.29. The molecule has 2 aromatic rings. The van der Waals surface area contributed by atoms with Gasteiger partial charge in [0.15, 0.2) is 6.61 Å². The van der Waals surface area contributed by atoms with Gasteiger partial charge in [0.25, 0.3) is 5.91 Å². The molecule has 0 atom stereocenters. The molecule has 0 bridgehead atoms. The van der Waals surface area contributed by atoms with Gasteiger partial charge >= 0.3 is 0 Å². The van der Waals surface area contributed by atoms with E-state index in [1.165, 1.54) is 19.3 Å². The van der Waals surface area contributed by atoms with Crippen molar-refractivity contribution in [3.05, 3.63) is 52.5 Å². The van der Waals surface area contributed by atoms with Crippen LogP contribution in [-0.2, 0) is 4.79 Å². The number of piperidine rings is 1. The van der Waals surface area contributed by atoms with Crippen LogP contribution in [-0.4, -0.2) is 25.6 Å². The highest BCUT2D eigenvalue weighted by Gasteiger charge is 2.15. The standard InChI is InChI=1S/C19H20Cl2N2O2/c20-14-8-9-18(15(21)12-14)25-13-19(24)22-16-6-2-3-7-17(16)23-10-4-1-5-11-23/h2-3,6-9,12H,1,4-5,10-11,13H2,(H,22,24). The van der Waals surface area contributed by atoms with Crippen molar-refractivity contribution in [2.24, 2.45) is 0 Å². The maximum atomic E-state index is 12.3. The molecule has 2 aromatic carbocycles. The number of carbonyl (C=O) groups is 1. The molecule has 25 heavy (non-hydrogen) atoms. The van der Waals surface area contributed by atoms with Gasteiger partial charge in [0.05, 0.1) is 16.4 Å². The summed E-state index contributed by atoms with van der Waals surface area (Å²) in [5.41, 5.74) is 1.86. The number of hydrogen-bond acceptors (Lipinski definition) is 3. The van der Waals surface area contributed by atoms with Gasteiger partial charge in [0.1, 0.15) is 5.75 Å². The second-order valence-electron chi connectivity index (χ2n) is 5.98. The molecule has 132 valence electrons. The zero-order valence-corrected chi connectivity index (χ0v) is 15.3. The third-order valence-electron chi connectivity index (χ3n) is 4.13. The summed E-state index contributed by atoms with van der Waals surface area (Å²) in [6, 6.07) is 12.8. The molecule has 1 N–H and O–H groups in total. The zero-order chi connectivity index (χ0) is 17.6. The second kappa shape index (κ2) is 8.45. The summed E-state index contributed by atoms with van der Waals surface area (Å²) in [5.74, 6) is 0.209. The van der Waals surface area contributed by atoms with Crippen molar-refractivity contribution in [2.75, 3.05) is 29.9 Å². The Bertz CT molecular complexity index is 746. The summed E-state index contributed by atoms with van der Waals surface area (Å²) in [6.45, 7) is 1.92. The Morgan fingerprint density at radius 1 is 1.08 bits per heavy atom. The molecule has 1 amide bonds. The number of nitrogens with zero attached hydrogens (tertiary/aromatic N) is 1. The van der Waals surface area contributed by atoms with Gasteiger partial charge in [-0.2, -0.15) is 0 Å². The maximum Gasteiger partial charge on any atom is 0.262 e. The molecule has 4 nitrogen and oxygen atoms in total. The molecule has 0 aromatic heterocycles. The number of carbonyl (C=O) groups excluding carboxylic acids is 1. The summed E-state index contributed by atoms with van der Waals surface area (Å²) >= 11 is 11.9. The van der Waals surface area contributed by atoms with E-state index in [1.807, 2.05) is 24.3 Å². The van der Waals surface area contributed by atoms with Crippen LogP contribution in [0.5, 0.6) is 5.75 Å². The average molecular weight is 379 g/mol. The van der Waals surface area contributed by atoms with E-state index in [1.54, 1.807) is 18.2 Å². The van der Waals surface area contributed by atoms with Crippen LogP contribution in [0.4, 0.5) is 11.4 Å². The summed E-state index contributed by atoms with van der Waals surface area (Å²) in [7, 11) is 0. The molecule has 0 radical (unpaired) electrons.